The number of nitrogens with zero attached hydrogens (tertiary/aromatic N) is 3. The largest absolute Gasteiger partial charge is 0.382 e. The van der Waals surface area contributed by atoms with Crippen LogP contribution >= 0.6 is 0 Å². The average Bonchev–Trinajstić information content (AvgIpc) is 3.03. The minimum absolute atomic E-state index is 0.0278. The lowest BCUT2D eigenvalue weighted by atomic mass is 9.93. The summed E-state index contributed by atoms with van der Waals surface area (Å²) < 4.78 is 28.4. The zero-order valence-corrected chi connectivity index (χ0v) is 17.9. The van der Waals surface area contributed by atoms with Crippen molar-refractivity contribution in [1.29, 1.82) is 0 Å². The van der Waals surface area contributed by atoms with Gasteiger partial charge in [-0.1, -0.05) is 0 Å². The molecule has 8 nitrogen and oxygen atoms in total. The first-order valence-electron chi connectivity index (χ1n) is 10.7. The van der Waals surface area contributed by atoms with Crippen molar-refractivity contribution in [2.75, 3.05) is 99.5 Å². The summed E-state index contributed by atoms with van der Waals surface area (Å²) >= 11 is 0. The highest BCUT2D eigenvalue weighted by molar-refractivity contribution is 6.11. The number of hydrogen-bond acceptors (Lipinski definition) is 8. The molecule has 0 saturated carbocycles. The van der Waals surface area contributed by atoms with Gasteiger partial charge in [0, 0.05) is 73.1 Å². The Hall–Kier alpha value is -0.255. The Bertz CT molecular complexity index is 436. The molecule has 0 radical (unpaired) electrons. The third-order valence-corrected chi connectivity index (χ3v) is 6.16. The highest BCUT2D eigenvalue weighted by atomic mass is 16.6. The van der Waals surface area contributed by atoms with E-state index >= 15 is 0 Å². The van der Waals surface area contributed by atoms with E-state index in [1.807, 2.05) is 0 Å². The van der Waals surface area contributed by atoms with Gasteiger partial charge in [0.1, 0.15) is 26.2 Å². The summed E-state index contributed by atoms with van der Waals surface area (Å²) in [5, 5.41) is 0. The second kappa shape index (κ2) is 11.8. The minimum Gasteiger partial charge on any atom is -0.382 e. The van der Waals surface area contributed by atoms with Crippen molar-refractivity contribution >= 4 is 7.85 Å². The quantitative estimate of drug-likeness (QED) is 0.405. The third-order valence-electron chi connectivity index (χ3n) is 6.16. The van der Waals surface area contributed by atoms with Crippen LogP contribution in [0.3, 0.4) is 0 Å². The second-order valence-electron chi connectivity index (χ2n) is 8.01. The number of methoxy groups -OCH3 is 2. The Morgan fingerprint density at radius 3 is 2.07 bits per heavy atom. The summed E-state index contributed by atoms with van der Waals surface area (Å²) in [5.41, 5.74) is 0. The fraction of sp³-hybridized carbons (Fsp3) is 1.00. The van der Waals surface area contributed by atoms with Gasteiger partial charge in [0.2, 0.25) is 0 Å². The molecule has 0 bridgehead atoms. The van der Waals surface area contributed by atoms with Gasteiger partial charge in [0.05, 0.1) is 32.4 Å². The van der Waals surface area contributed by atoms with Crippen molar-refractivity contribution in [3.8, 4) is 0 Å². The molecule has 0 aliphatic carbocycles. The topological polar surface area (TPSA) is 55.9 Å². The van der Waals surface area contributed by atoms with E-state index in [-0.39, 0.29) is 24.3 Å². The van der Waals surface area contributed by atoms with Gasteiger partial charge in [-0.15, -0.1) is 0 Å². The monoisotopic (exact) mass is 399 g/mol. The second-order valence-corrected chi connectivity index (χ2v) is 8.01. The molecule has 1 unspecified atom stereocenters. The summed E-state index contributed by atoms with van der Waals surface area (Å²) in [6, 6.07) is 0.0298. The molecule has 0 amide bonds. The Kier molecular flexibility index (Phi) is 9.46. The van der Waals surface area contributed by atoms with Gasteiger partial charge in [-0.25, -0.2) is 0 Å². The molecule has 9 heteroatoms. The van der Waals surface area contributed by atoms with E-state index in [9.17, 15) is 0 Å². The molecule has 0 aromatic rings. The van der Waals surface area contributed by atoms with E-state index in [0.717, 1.165) is 72.1 Å². The molecule has 4 atom stereocenters. The van der Waals surface area contributed by atoms with E-state index in [2.05, 4.69) is 22.5 Å². The average molecular weight is 399 g/mol. The maximum atomic E-state index is 6.17. The van der Waals surface area contributed by atoms with E-state index in [1.54, 1.807) is 14.2 Å². The lowest BCUT2D eigenvalue weighted by Gasteiger charge is -2.36. The van der Waals surface area contributed by atoms with E-state index in [0.29, 0.717) is 13.2 Å². The number of piperazine rings is 1. The van der Waals surface area contributed by atoms with E-state index in [4.69, 9.17) is 23.7 Å². The molecule has 0 spiro atoms. The molecule has 162 valence electrons. The van der Waals surface area contributed by atoms with Gasteiger partial charge in [-0.2, -0.15) is 0 Å². The molecule has 3 saturated heterocycles. The van der Waals surface area contributed by atoms with Crippen LogP contribution in [0.5, 0.6) is 0 Å². The Labute approximate surface area is 170 Å². The van der Waals surface area contributed by atoms with Crippen LogP contribution in [-0.2, 0) is 23.7 Å². The van der Waals surface area contributed by atoms with Crippen LogP contribution in [0.15, 0.2) is 0 Å². The van der Waals surface area contributed by atoms with Crippen molar-refractivity contribution in [2.45, 2.75) is 24.3 Å². The summed E-state index contributed by atoms with van der Waals surface area (Å²) in [7, 11) is 5.47. The van der Waals surface area contributed by atoms with Crippen molar-refractivity contribution in [3.63, 3.8) is 0 Å². The number of hydrogen-bond donors (Lipinski definition) is 0. The fourth-order valence-electron chi connectivity index (χ4n) is 4.39. The molecule has 3 rings (SSSR count). The van der Waals surface area contributed by atoms with Gasteiger partial charge in [0.25, 0.3) is 0 Å². The molecule has 28 heavy (non-hydrogen) atoms. The predicted octanol–water partition coefficient (Wildman–Crippen LogP) is -1.66. The predicted molar refractivity (Wildman–Crippen MR) is 110 cm³/mol. The lowest BCUT2D eigenvalue weighted by Crippen LogP contribution is -2.50. The van der Waals surface area contributed by atoms with Crippen molar-refractivity contribution < 1.29 is 23.7 Å². The zero-order chi connectivity index (χ0) is 19.8. The van der Waals surface area contributed by atoms with Gasteiger partial charge in [-0.3, -0.25) is 14.7 Å². The van der Waals surface area contributed by atoms with Crippen LogP contribution in [0, 0.1) is 0 Å². The molecule has 0 aromatic carbocycles. The SMILES string of the molecule is B[C@@H]1O[C@H](COC)C(OC)[C@@H]1OCCN1CCN(CCN2CCOCC2)CC1. The van der Waals surface area contributed by atoms with Gasteiger partial charge in [-0.05, 0) is 0 Å². The Morgan fingerprint density at radius 1 is 0.857 bits per heavy atom. The minimum atomic E-state index is -0.0630. The summed E-state index contributed by atoms with van der Waals surface area (Å²) in [5.74, 6) is 0. The van der Waals surface area contributed by atoms with Crippen LogP contribution < -0.4 is 0 Å². The zero-order valence-electron chi connectivity index (χ0n) is 17.9. The maximum absolute atomic E-state index is 6.17. The first-order valence-corrected chi connectivity index (χ1v) is 10.7. The molecule has 3 heterocycles. The smallest absolute Gasteiger partial charge is 0.142 e. The molecule has 3 aliphatic heterocycles. The van der Waals surface area contributed by atoms with Gasteiger partial charge >= 0.3 is 0 Å². The maximum Gasteiger partial charge on any atom is 0.142 e. The fourth-order valence-corrected chi connectivity index (χ4v) is 4.39. The molecular formula is C19H38BN3O5. The summed E-state index contributed by atoms with van der Waals surface area (Å²) in [6.07, 6.45) is -0.142. The highest BCUT2D eigenvalue weighted by Crippen LogP contribution is 2.25. The Morgan fingerprint density at radius 2 is 1.46 bits per heavy atom. The highest BCUT2D eigenvalue weighted by Gasteiger charge is 2.43. The van der Waals surface area contributed by atoms with Crippen molar-refractivity contribution in [1.82, 2.24) is 14.7 Å². The van der Waals surface area contributed by atoms with E-state index < -0.39 is 0 Å². The first-order chi connectivity index (χ1) is 13.7. The van der Waals surface area contributed by atoms with Crippen LogP contribution in [0.4, 0.5) is 0 Å². The van der Waals surface area contributed by atoms with Gasteiger partial charge in [0.15, 0.2) is 0 Å². The van der Waals surface area contributed by atoms with Crippen LogP contribution in [0.2, 0.25) is 0 Å². The summed E-state index contributed by atoms with van der Waals surface area (Å²) in [6.45, 7) is 13.0. The normalized spacial score (nSPS) is 33.5. The van der Waals surface area contributed by atoms with Crippen LogP contribution in [0.25, 0.3) is 0 Å². The lowest BCUT2D eigenvalue weighted by molar-refractivity contribution is -0.0594. The molecular weight excluding hydrogens is 361 g/mol. The molecule has 3 aliphatic rings. The standard InChI is InChI=1S/C19H38BN3O5/c1-24-15-16-17(25-2)18(19(20)28-16)27-14-11-22-6-3-21(4-7-22)5-8-23-9-12-26-13-10-23/h16-19H,3-15,20H2,1-2H3/t16-,17?,18+,19-/m1/s1. The molecule has 3 fully saturated rings. The number of rotatable bonds is 10. The Balaban J connectivity index is 1.30. The van der Waals surface area contributed by atoms with E-state index in [1.165, 1.54) is 0 Å². The van der Waals surface area contributed by atoms with Gasteiger partial charge < -0.3 is 23.7 Å². The molecule has 0 aromatic heterocycles. The van der Waals surface area contributed by atoms with Crippen molar-refractivity contribution in [2.24, 2.45) is 0 Å². The van der Waals surface area contributed by atoms with Crippen LogP contribution in [-0.4, -0.2) is 146 Å². The molecule has 0 N–H and O–H groups in total. The first kappa shape index (κ1) is 22.4. The third kappa shape index (κ3) is 6.37. The summed E-state index contributed by atoms with van der Waals surface area (Å²) in [4.78, 5) is 7.59. The number of morpholine rings is 1. The van der Waals surface area contributed by atoms with Crippen molar-refractivity contribution in [3.05, 3.63) is 0 Å². The van der Waals surface area contributed by atoms with Crippen LogP contribution in [0.1, 0.15) is 0 Å². The number of ether oxygens (including phenoxy) is 5.